The lowest BCUT2D eigenvalue weighted by Gasteiger charge is -2.41. The van der Waals surface area contributed by atoms with Gasteiger partial charge in [-0.25, -0.2) is 9.78 Å². The Kier molecular flexibility index (Phi) is 11.4. The zero-order chi connectivity index (χ0) is 37.8. The highest BCUT2D eigenvalue weighted by Gasteiger charge is 2.40. The maximum atomic E-state index is 13.2. The molecule has 0 aliphatic carbocycles. The molecule has 2 fully saturated rings. The van der Waals surface area contributed by atoms with E-state index in [1.807, 2.05) is 103 Å². The van der Waals surface area contributed by atoms with Gasteiger partial charge in [-0.3, -0.25) is 14.5 Å². The van der Waals surface area contributed by atoms with E-state index in [0.717, 1.165) is 43.8 Å². The first kappa shape index (κ1) is 37.3. The number of likely N-dealkylation sites (tertiary alicyclic amines) is 1. The summed E-state index contributed by atoms with van der Waals surface area (Å²) in [6.07, 6.45) is -0.628. The second-order valence-electron chi connectivity index (χ2n) is 13.4. The molecule has 2 aliphatic rings. The van der Waals surface area contributed by atoms with Gasteiger partial charge in [0.05, 0.1) is 44.7 Å². The molecule has 54 heavy (non-hydrogen) atoms. The Bertz CT molecular complexity index is 2110. The molecule has 3 amide bonds. The summed E-state index contributed by atoms with van der Waals surface area (Å²) in [5, 5.41) is 12.7. The van der Waals surface area contributed by atoms with Crippen molar-refractivity contribution in [3.05, 3.63) is 148 Å². The minimum atomic E-state index is -0.988. The summed E-state index contributed by atoms with van der Waals surface area (Å²) in [4.78, 5) is 43.7. The van der Waals surface area contributed by atoms with E-state index in [4.69, 9.17) is 37.4 Å². The zero-order valence-corrected chi connectivity index (χ0v) is 30.8. The van der Waals surface area contributed by atoms with Gasteiger partial charge in [0, 0.05) is 11.5 Å². The van der Waals surface area contributed by atoms with Crippen LogP contribution in [0.3, 0.4) is 0 Å². The fourth-order valence-corrected chi connectivity index (χ4v) is 7.04. The molecule has 2 aliphatic heterocycles. The van der Waals surface area contributed by atoms with Crippen LogP contribution in [0.4, 0.5) is 4.79 Å². The highest BCUT2D eigenvalue weighted by Crippen LogP contribution is 2.43. The number of imide groups is 1. The van der Waals surface area contributed by atoms with E-state index in [0.29, 0.717) is 11.7 Å². The molecule has 278 valence electrons. The van der Waals surface area contributed by atoms with Crippen molar-refractivity contribution in [2.45, 2.75) is 64.2 Å². The van der Waals surface area contributed by atoms with Gasteiger partial charge in [0.1, 0.15) is 17.8 Å². The van der Waals surface area contributed by atoms with E-state index >= 15 is 0 Å². The average molecular weight is 770 g/mol. The molecule has 7 rings (SSSR count). The molecule has 1 aromatic heterocycles. The standard InChI is InChI=1S/C41H38Cl2N4O7/c1-25-34(21-46-24-44-37(42)38(46)43)53-40(54-36(25)30-12-10-26(22-48)11-13-30)31-16-14-29(15-17-31)32-9-5-8-28(18-32)20-47-35(49)19-33(39(47)50)45-41(51)52-23-27-6-3-2-4-7-27/h2-18,24-25,33-34,36,40,48H,19-23H2,1H3,(H,45,51)/t25-,33?,34+,36+,40+/m1/s1. The van der Waals surface area contributed by atoms with Crippen molar-refractivity contribution in [1.29, 1.82) is 0 Å². The quantitative estimate of drug-likeness (QED) is 0.133. The van der Waals surface area contributed by atoms with Crippen LogP contribution in [0.2, 0.25) is 10.3 Å². The van der Waals surface area contributed by atoms with Crippen molar-refractivity contribution < 1.29 is 33.7 Å². The van der Waals surface area contributed by atoms with Gasteiger partial charge in [0.25, 0.3) is 5.91 Å². The lowest BCUT2D eigenvalue weighted by atomic mass is 9.90. The summed E-state index contributed by atoms with van der Waals surface area (Å²) in [7, 11) is 0. The van der Waals surface area contributed by atoms with E-state index < -0.39 is 24.3 Å². The van der Waals surface area contributed by atoms with E-state index in [1.54, 1.807) is 10.9 Å². The van der Waals surface area contributed by atoms with Crippen LogP contribution in [-0.2, 0) is 50.1 Å². The summed E-state index contributed by atoms with van der Waals surface area (Å²) >= 11 is 12.6. The van der Waals surface area contributed by atoms with Crippen LogP contribution in [-0.4, -0.2) is 49.6 Å². The predicted molar refractivity (Wildman–Crippen MR) is 201 cm³/mol. The molecule has 0 bridgehead atoms. The van der Waals surface area contributed by atoms with Gasteiger partial charge in [-0.05, 0) is 39.4 Å². The van der Waals surface area contributed by atoms with Crippen LogP contribution in [0.25, 0.3) is 11.1 Å². The van der Waals surface area contributed by atoms with Crippen molar-refractivity contribution in [1.82, 2.24) is 19.8 Å². The predicted octanol–water partition coefficient (Wildman–Crippen LogP) is 7.39. The molecule has 13 heteroatoms. The number of nitrogens with one attached hydrogen (secondary N) is 1. The summed E-state index contributed by atoms with van der Waals surface area (Å²) in [6, 6.07) is 31.4. The van der Waals surface area contributed by atoms with E-state index in [1.165, 1.54) is 0 Å². The molecule has 3 heterocycles. The van der Waals surface area contributed by atoms with Crippen molar-refractivity contribution >= 4 is 41.1 Å². The van der Waals surface area contributed by atoms with Crippen LogP contribution in [0.15, 0.2) is 109 Å². The summed E-state index contributed by atoms with van der Waals surface area (Å²) in [6.45, 7) is 2.54. The number of halogens is 2. The van der Waals surface area contributed by atoms with E-state index in [2.05, 4.69) is 17.2 Å². The number of imidazole rings is 1. The topological polar surface area (TPSA) is 132 Å². The van der Waals surface area contributed by atoms with Gasteiger partial charge in [0.15, 0.2) is 11.4 Å². The summed E-state index contributed by atoms with van der Waals surface area (Å²) in [5.74, 6) is -0.925. The fourth-order valence-electron chi connectivity index (χ4n) is 6.73. The number of hydrogen-bond donors (Lipinski definition) is 2. The smallest absolute Gasteiger partial charge is 0.408 e. The van der Waals surface area contributed by atoms with Crippen molar-refractivity contribution in [2.75, 3.05) is 0 Å². The second-order valence-corrected chi connectivity index (χ2v) is 14.1. The van der Waals surface area contributed by atoms with Crippen molar-refractivity contribution in [3.8, 4) is 11.1 Å². The van der Waals surface area contributed by atoms with Gasteiger partial charge >= 0.3 is 6.09 Å². The first-order valence-electron chi connectivity index (χ1n) is 17.5. The Hall–Kier alpha value is -5.04. The van der Waals surface area contributed by atoms with Gasteiger partial charge in [-0.2, -0.15) is 0 Å². The number of aliphatic hydroxyl groups excluding tert-OH is 1. The van der Waals surface area contributed by atoms with Gasteiger partial charge < -0.3 is 29.2 Å². The zero-order valence-electron chi connectivity index (χ0n) is 29.3. The molecule has 5 atom stereocenters. The molecule has 1 unspecified atom stereocenters. The number of nitrogens with zero attached hydrogens (tertiary/aromatic N) is 3. The second kappa shape index (κ2) is 16.5. The highest BCUT2D eigenvalue weighted by atomic mass is 35.5. The maximum absolute atomic E-state index is 13.2. The number of ether oxygens (including phenoxy) is 3. The van der Waals surface area contributed by atoms with E-state index in [-0.39, 0.29) is 55.4 Å². The Balaban J connectivity index is 1.03. The Labute approximate surface area is 322 Å². The van der Waals surface area contributed by atoms with Crippen LogP contribution >= 0.6 is 23.2 Å². The monoisotopic (exact) mass is 768 g/mol. The number of aliphatic hydroxyl groups is 1. The highest BCUT2D eigenvalue weighted by molar-refractivity contribution is 6.40. The van der Waals surface area contributed by atoms with Crippen LogP contribution in [0.1, 0.15) is 53.6 Å². The number of rotatable bonds is 11. The third-order valence-electron chi connectivity index (χ3n) is 9.77. The van der Waals surface area contributed by atoms with Crippen molar-refractivity contribution in [2.24, 2.45) is 5.92 Å². The lowest BCUT2D eigenvalue weighted by Crippen LogP contribution is -2.41. The minimum Gasteiger partial charge on any atom is -0.445 e. The van der Waals surface area contributed by atoms with Crippen LogP contribution in [0.5, 0.6) is 0 Å². The molecule has 2 N–H and O–H groups in total. The van der Waals surface area contributed by atoms with Crippen molar-refractivity contribution in [3.63, 3.8) is 0 Å². The number of carbonyl (C=O) groups excluding carboxylic acids is 3. The largest absolute Gasteiger partial charge is 0.445 e. The normalized spacial score (nSPS) is 21.3. The van der Waals surface area contributed by atoms with Crippen LogP contribution < -0.4 is 5.32 Å². The third kappa shape index (κ3) is 8.36. The number of hydrogen-bond acceptors (Lipinski definition) is 8. The molecule has 0 radical (unpaired) electrons. The number of carbonyl (C=O) groups is 3. The molecule has 4 aromatic carbocycles. The average Bonchev–Trinajstić information content (AvgIpc) is 3.65. The Morgan fingerprint density at radius 1 is 0.889 bits per heavy atom. The number of aromatic nitrogens is 2. The molecule has 0 spiro atoms. The number of alkyl carbamates (subject to hydrolysis) is 1. The van der Waals surface area contributed by atoms with Crippen LogP contribution in [0, 0.1) is 5.92 Å². The fraction of sp³-hybridized carbons (Fsp3) is 0.268. The number of benzene rings is 4. The summed E-state index contributed by atoms with van der Waals surface area (Å²) < 4.78 is 20.2. The van der Waals surface area contributed by atoms with Gasteiger partial charge in [-0.15, -0.1) is 0 Å². The van der Waals surface area contributed by atoms with E-state index in [9.17, 15) is 19.5 Å². The molecule has 5 aromatic rings. The first-order valence-corrected chi connectivity index (χ1v) is 18.3. The molecule has 2 saturated heterocycles. The van der Waals surface area contributed by atoms with Gasteiger partial charge in [0.2, 0.25) is 5.91 Å². The third-order valence-corrected chi connectivity index (χ3v) is 10.5. The first-order chi connectivity index (χ1) is 26.2. The lowest BCUT2D eigenvalue weighted by molar-refractivity contribution is -0.276. The summed E-state index contributed by atoms with van der Waals surface area (Å²) in [5.41, 5.74) is 5.95. The maximum Gasteiger partial charge on any atom is 0.408 e. The Morgan fingerprint density at radius 3 is 2.31 bits per heavy atom. The minimum absolute atomic E-state index is 0.0504. The van der Waals surface area contributed by atoms with Gasteiger partial charge in [-0.1, -0.05) is 127 Å². The molecular weight excluding hydrogens is 731 g/mol. The number of amides is 3. The SMILES string of the molecule is C[C@@H]1[C@H](Cn2cnc(Cl)c2Cl)O[C@H](c2ccc(-c3cccc(CN4C(=O)CC(NC(=O)OCc5ccccc5)C4=O)c3)cc2)O[C@@H]1c1ccc(CO)cc1. The molecule has 0 saturated carbocycles. The Morgan fingerprint density at radius 2 is 1.61 bits per heavy atom. The molecule has 11 nitrogen and oxygen atoms in total. The molecular formula is C41H38Cl2N4O7.